The number of carbonyl (C=O) groups excluding carboxylic acids is 2. The van der Waals surface area contributed by atoms with Crippen LogP contribution in [0.5, 0.6) is 11.5 Å². The summed E-state index contributed by atoms with van der Waals surface area (Å²) in [6.07, 6.45) is 5.54. The van der Waals surface area contributed by atoms with Crippen LogP contribution in [0.1, 0.15) is 34.8 Å². The molecule has 0 aromatic heterocycles. The van der Waals surface area contributed by atoms with Crippen molar-refractivity contribution in [3.05, 3.63) is 77.9 Å². The molecule has 0 saturated heterocycles. The molecule has 2 aromatic carbocycles. The van der Waals surface area contributed by atoms with Gasteiger partial charge in [0.1, 0.15) is 11.5 Å². The molecule has 0 bridgehead atoms. The van der Waals surface area contributed by atoms with Crippen molar-refractivity contribution in [3.8, 4) is 11.5 Å². The van der Waals surface area contributed by atoms with E-state index in [1.165, 1.54) is 13.0 Å². The minimum atomic E-state index is -1.23. The Hall–Kier alpha value is -2.34. The Bertz CT molecular complexity index is 856. The second kappa shape index (κ2) is 13.0. The van der Waals surface area contributed by atoms with Crippen LogP contribution in [0.3, 0.4) is 0 Å². The van der Waals surface area contributed by atoms with Gasteiger partial charge in [0, 0.05) is 12.0 Å². The van der Waals surface area contributed by atoms with Crippen molar-refractivity contribution in [3.63, 3.8) is 0 Å². The van der Waals surface area contributed by atoms with Crippen molar-refractivity contribution < 1.29 is 53.7 Å². The first-order chi connectivity index (χ1) is 13.5. The van der Waals surface area contributed by atoms with Crippen LogP contribution in [0.2, 0.25) is 0 Å². The van der Waals surface area contributed by atoms with Crippen LogP contribution in [0.15, 0.2) is 61.2 Å². The second-order valence-electron chi connectivity index (χ2n) is 6.14. The first-order valence-corrected chi connectivity index (χ1v) is 8.99. The third kappa shape index (κ3) is 8.69. The largest absolute Gasteiger partial charge is 1.00 e. The monoisotopic (exact) mass is 402 g/mol. The van der Waals surface area contributed by atoms with Crippen LogP contribution in [0.4, 0.5) is 0 Å². The Balaban J connectivity index is 0.00000420. The van der Waals surface area contributed by atoms with E-state index in [0.717, 1.165) is 23.0 Å². The SMILES string of the molecule is C=CCc1cc(C(C)=O)ccc1OCCCOc1ccc(/C=C/C(=O)[O-])cc1.[Na+]. The maximum atomic E-state index is 11.5. The number of hydrogen-bond acceptors (Lipinski definition) is 5. The van der Waals surface area contributed by atoms with Crippen molar-refractivity contribution >= 4 is 17.8 Å². The number of rotatable bonds is 11. The summed E-state index contributed by atoms with van der Waals surface area (Å²) in [4.78, 5) is 21.9. The van der Waals surface area contributed by atoms with E-state index in [0.29, 0.717) is 37.4 Å². The molecule has 0 saturated carbocycles. The number of Topliss-reactive ketones (excluding diaryl/α,β-unsaturated/α-hetero) is 1. The van der Waals surface area contributed by atoms with Gasteiger partial charge in [0.25, 0.3) is 0 Å². The minimum absolute atomic E-state index is 0. The van der Waals surface area contributed by atoms with Gasteiger partial charge in [-0.05, 0) is 60.9 Å². The Labute approximate surface area is 193 Å². The van der Waals surface area contributed by atoms with Crippen molar-refractivity contribution in [2.45, 2.75) is 19.8 Å². The second-order valence-corrected chi connectivity index (χ2v) is 6.14. The average molecular weight is 402 g/mol. The number of carboxylic acids is 1. The zero-order valence-electron chi connectivity index (χ0n) is 16.9. The standard InChI is InChI=1S/C23H24O5.Na/c1-3-5-20-16-19(17(2)24)9-12-22(20)28-15-4-14-27-21-10-6-18(7-11-21)8-13-23(25)26;/h3,6-13,16H,1,4-5,14-15H2,2H3,(H,25,26);/q;+1/p-1/b13-8+;. The van der Waals surface area contributed by atoms with Gasteiger partial charge < -0.3 is 19.4 Å². The summed E-state index contributed by atoms with van der Waals surface area (Å²) in [5, 5.41) is 10.4. The fraction of sp³-hybridized carbons (Fsp3) is 0.217. The van der Waals surface area contributed by atoms with E-state index >= 15 is 0 Å². The predicted molar refractivity (Wildman–Crippen MR) is 106 cm³/mol. The van der Waals surface area contributed by atoms with Crippen LogP contribution < -0.4 is 44.1 Å². The fourth-order valence-corrected chi connectivity index (χ4v) is 2.52. The summed E-state index contributed by atoms with van der Waals surface area (Å²) in [5.41, 5.74) is 2.35. The van der Waals surface area contributed by atoms with Crippen molar-refractivity contribution in [2.24, 2.45) is 0 Å². The molecule has 6 heteroatoms. The zero-order valence-corrected chi connectivity index (χ0v) is 18.9. The molecular weight excluding hydrogens is 379 g/mol. The molecule has 0 aliphatic rings. The molecule has 0 aliphatic heterocycles. The van der Waals surface area contributed by atoms with E-state index < -0.39 is 5.97 Å². The van der Waals surface area contributed by atoms with E-state index in [4.69, 9.17) is 9.47 Å². The van der Waals surface area contributed by atoms with Crippen LogP contribution in [0, 0.1) is 0 Å². The van der Waals surface area contributed by atoms with Crippen LogP contribution in [-0.2, 0) is 11.2 Å². The summed E-state index contributed by atoms with van der Waals surface area (Å²) in [5.74, 6) is 0.233. The van der Waals surface area contributed by atoms with Crippen molar-refractivity contribution in [1.82, 2.24) is 0 Å². The van der Waals surface area contributed by atoms with Gasteiger partial charge >= 0.3 is 29.6 Å². The summed E-state index contributed by atoms with van der Waals surface area (Å²) in [7, 11) is 0. The molecule has 0 spiro atoms. The fourth-order valence-electron chi connectivity index (χ4n) is 2.52. The molecule has 0 fully saturated rings. The Morgan fingerprint density at radius 3 is 2.38 bits per heavy atom. The first-order valence-electron chi connectivity index (χ1n) is 8.99. The number of aliphatic carboxylic acids is 1. The van der Waals surface area contributed by atoms with Gasteiger partial charge in [0.15, 0.2) is 5.78 Å². The van der Waals surface area contributed by atoms with Crippen molar-refractivity contribution in [2.75, 3.05) is 13.2 Å². The topological polar surface area (TPSA) is 75.7 Å². The molecule has 2 rings (SSSR count). The quantitative estimate of drug-likeness (QED) is 0.177. The van der Waals surface area contributed by atoms with Gasteiger partial charge in [-0.1, -0.05) is 24.3 Å². The predicted octanol–water partition coefficient (Wildman–Crippen LogP) is 0.233. The molecular formula is C23H23NaO5. The van der Waals surface area contributed by atoms with E-state index in [2.05, 4.69) is 6.58 Å². The third-order valence-corrected chi connectivity index (χ3v) is 3.94. The minimum Gasteiger partial charge on any atom is -0.545 e. The van der Waals surface area contributed by atoms with Gasteiger partial charge in [0.05, 0.1) is 19.2 Å². The number of ether oxygens (including phenoxy) is 2. The van der Waals surface area contributed by atoms with Crippen LogP contribution in [0.25, 0.3) is 6.08 Å². The summed E-state index contributed by atoms with van der Waals surface area (Å²) >= 11 is 0. The van der Waals surface area contributed by atoms with Gasteiger partial charge in [-0.3, -0.25) is 4.79 Å². The molecule has 0 atom stereocenters. The summed E-state index contributed by atoms with van der Waals surface area (Å²) < 4.78 is 11.5. The summed E-state index contributed by atoms with van der Waals surface area (Å²) in [6.45, 7) is 6.25. The number of carboxylic acid groups (broad SMARTS) is 1. The molecule has 0 aliphatic carbocycles. The Morgan fingerprint density at radius 1 is 1.07 bits per heavy atom. The van der Waals surface area contributed by atoms with E-state index in [9.17, 15) is 14.7 Å². The molecule has 146 valence electrons. The summed E-state index contributed by atoms with van der Waals surface area (Å²) in [6, 6.07) is 12.5. The van der Waals surface area contributed by atoms with Gasteiger partial charge in [-0.25, -0.2) is 0 Å². The molecule has 0 N–H and O–H groups in total. The van der Waals surface area contributed by atoms with E-state index in [1.807, 2.05) is 12.1 Å². The van der Waals surface area contributed by atoms with Crippen LogP contribution in [-0.4, -0.2) is 25.0 Å². The molecule has 0 unspecified atom stereocenters. The number of hydrogen-bond donors (Lipinski definition) is 0. The third-order valence-electron chi connectivity index (χ3n) is 3.94. The molecule has 0 radical (unpaired) electrons. The Kier molecular flexibility index (Phi) is 11.1. The number of allylic oxidation sites excluding steroid dienone is 1. The van der Waals surface area contributed by atoms with E-state index in [1.54, 1.807) is 36.4 Å². The molecule has 29 heavy (non-hydrogen) atoms. The maximum Gasteiger partial charge on any atom is 1.00 e. The smallest absolute Gasteiger partial charge is 0.545 e. The Morgan fingerprint density at radius 2 is 1.76 bits per heavy atom. The molecule has 0 amide bonds. The number of carbonyl (C=O) groups is 2. The van der Waals surface area contributed by atoms with Gasteiger partial charge in [-0.15, -0.1) is 6.58 Å². The van der Waals surface area contributed by atoms with Gasteiger partial charge in [0.2, 0.25) is 0 Å². The zero-order chi connectivity index (χ0) is 20.4. The molecule has 2 aromatic rings. The average Bonchev–Trinajstić information content (AvgIpc) is 2.68. The number of ketones is 1. The first kappa shape index (κ1) is 24.7. The molecule has 0 heterocycles. The molecule has 5 nitrogen and oxygen atoms in total. The number of benzene rings is 2. The van der Waals surface area contributed by atoms with Crippen LogP contribution >= 0.6 is 0 Å². The normalized spacial score (nSPS) is 10.2. The van der Waals surface area contributed by atoms with E-state index in [-0.39, 0.29) is 35.3 Å². The van der Waals surface area contributed by atoms with Crippen molar-refractivity contribution in [1.29, 1.82) is 0 Å². The maximum absolute atomic E-state index is 11.5. The van der Waals surface area contributed by atoms with Gasteiger partial charge in [-0.2, -0.15) is 0 Å².